The second-order valence-electron chi connectivity index (χ2n) is 4.18. The van der Waals surface area contributed by atoms with Gasteiger partial charge in [-0.2, -0.15) is 0 Å². The zero-order chi connectivity index (χ0) is 14.7. The van der Waals surface area contributed by atoms with Crippen molar-refractivity contribution in [2.45, 2.75) is 6.92 Å². The number of nitrogen functional groups attached to an aromatic ring is 1. The summed E-state index contributed by atoms with van der Waals surface area (Å²) in [5, 5.41) is 13.2. The van der Waals surface area contributed by atoms with Crippen LogP contribution in [0.5, 0.6) is 0 Å². The molecule has 2 rings (SSSR count). The molecule has 2 aromatic rings. The van der Waals surface area contributed by atoms with Gasteiger partial charge in [0.15, 0.2) is 0 Å². The smallest absolute Gasteiger partial charge is 0.269 e. The number of aromatic nitrogens is 1. The van der Waals surface area contributed by atoms with Crippen LogP contribution in [0.3, 0.4) is 0 Å². The number of aryl methyl sites for hydroxylation is 1. The van der Waals surface area contributed by atoms with Crippen molar-refractivity contribution in [1.82, 2.24) is 4.98 Å². The highest BCUT2D eigenvalue weighted by atomic mass is 16.6. The zero-order valence-electron chi connectivity index (χ0n) is 10.7. The third-order valence-corrected chi connectivity index (χ3v) is 2.57. The SMILES string of the molecule is Cc1cc(C(=O)Nc2ccc([N+](=O)[O-])cc2)cc(N)n1. The lowest BCUT2D eigenvalue weighted by Gasteiger charge is -2.06. The van der Waals surface area contributed by atoms with Gasteiger partial charge in [-0.05, 0) is 31.2 Å². The molecule has 0 saturated heterocycles. The normalized spacial score (nSPS) is 10.1. The van der Waals surface area contributed by atoms with E-state index in [-0.39, 0.29) is 17.4 Å². The lowest BCUT2D eigenvalue weighted by molar-refractivity contribution is -0.384. The van der Waals surface area contributed by atoms with Gasteiger partial charge in [0.05, 0.1) is 4.92 Å². The molecule has 7 heteroatoms. The number of benzene rings is 1. The van der Waals surface area contributed by atoms with Gasteiger partial charge in [0.2, 0.25) is 0 Å². The molecule has 0 atom stereocenters. The maximum absolute atomic E-state index is 12.0. The van der Waals surface area contributed by atoms with Crippen molar-refractivity contribution in [3.63, 3.8) is 0 Å². The fourth-order valence-corrected chi connectivity index (χ4v) is 1.70. The van der Waals surface area contributed by atoms with Gasteiger partial charge >= 0.3 is 0 Å². The van der Waals surface area contributed by atoms with E-state index in [1.807, 2.05) is 0 Å². The number of rotatable bonds is 3. The van der Waals surface area contributed by atoms with Gasteiger partial charge in [0.25, 0.3) is 11.6 Å². The first-order valence-electron chi connectivity index (χ1n) is 5.75. The van der Waals surface area contributed by atoms with E-state index >= 15 is 0 Å². The number of carbonyl (C=O) groups excluding carboxylic acids is 1. The van der Waals surface area contributed by atoms with Crippen LogP contribution in [0, 0.1) is 17.0 Å². The van der Waals surface area contributed by atoms with E-state index in [0.717, 1.165) is 0 Å². The lowest BCUT2D eigenvalue weighted by atomic mass is 10.2. The molecule has 0 fully saturated rings. The first-order chi connectivity index (χ1) is 9.45. The van der Waals surface area contributed by atoms with Crippen LogP contribution in [-0.4, -0.2) is 15.8 Å². The minimum Gasteiger partial charge on any atom is -0.384 e. The number of nitrogens with two attached hydrogens (primary N) is 1. The molecule has 7 nitrogen and oxygen atoms in total. The monoisotopic (exact) mass is 272 g/mol. The van der Waals surface area contributed by atoms with Crippen LogP contribution in [0.25, 0.3) is 0 Å². The number of nitro groups is 1. The van der Waals surface area contributed by atoms with Gasteiger partial charge in [0, 0.05) is 29.1 Å². The zero-order valence-corrected chi connectivity index (χ0v) is 10.7. The Morgan fingerprint density at radius 1 is 1.30 bits per heavy atom. The highest BCUT2D eigenvalue weighted by Crippen LogP contribution is 2.16. The first kappa shape index (κ1) is 13.5. The maximum Gasteiger partial charge on any atom is 0.269 e. The van der Waals surface area contributed by atoms with Crippen LogP contribution < -0.4 is 11.1 Å². The second-order valence-corrected chi connectivity index (χ2v) is 4.18. The van der Waals surface area contributed by atoms with E-state index in [9.17, 15) is 14.9 Å². The molecular weight excluding hydrogens is 260 g/mol. The van der Waals surface area contributed by atoms with Crippen molar-refractivity contribution in [3.05, 3.63) is 57.8 Å². The molecule has 0 unspecified atom stereocenters. The molecule has 3 N–H and O–H groups in total. The summed E-state index contributed by atoms with van der Waals surface area (Å²) in [4.78, 5) is 26.0. The Morgan fingerprint density at radius 3 is 2.50 bits per heavy atom. The van der Waals surface area contributed by atoms with Crippen molar-refractivity contribution in [3.8, 4) is 0 Å². The number of hydrogen-bond acceptors (Lipinski definition) is 5. The Hall–Kier alpha value is -2.96. The summed E-state index contributed by atoms with van der Waals surface area (Å²) in [6, 6.07) is 8.65. The van der Waals surface area contributed by atoms with Crippen molar-refractivity contribution in [2.75, 3.05) is 11.1 Å². The summed E-state index contributed by atoms with van der Waals surface area (Å²) in [6.07, 6.45) is 0. The topological polar surface area (TPSA) is 111 Å². The number of nitrogens with one attached hydrogen (secondary N) is 1. The lowest BCUT2D eigenvalue weighted by Crippen LogP contribution is -2.13. The molecule has 0 aliphatic heterocycles. The Morgan fingerprint density at radius 2 is 1.95 bits per heavy atom. The third kappa shape index (κ3) is 3.08. The number of carbonyl (C=O) groups is 1. The molecule has 0 saturated carbocycles. The summed E-state index contributed by atoms with van der Waals surface area (Å²) in [5.74, 6) is -0.0881. The van der Waals surface area contributed by atoms with Gasteiger partial charge in [0.1, 0.15) is 5.82 Å². The molecule has 0 bridgehead atoms. The number of non-ortho nitro benzene ring substituents is 1. The Kier molecular flexibility index (Phi) is 3.60. The number of anilines is 2. The van der Waals surface area contributed by atoms with Gasteiger partial charge in [-0.1, -0.05) is 0 Å². The van der Waals surface area contributed by atoms with Gasteiger partial charge in [-0.15, -0.1) is 0 Å². The molecule has 1 amide bonds. The molecule has 0 spiro atoms. The average molecular weight is 272 g/mol. The predicted octanol–water partition coefficient (Wildman–Crippen LogP) is 2.13. The molecule has 1 heterocycles. The molecular formula is C13H12N4O3. The van der Waals surface area contributed by atoms with Crippen molar-refractivity contribution < 1.29 is 9.72 Å². The predicted molar refractivity (Wildman–Crippen MR) is 74.4 cm³/mol. The fraction of sp³-hybridized carbons (Fsp3) is 0.0769. The fourth-order valence-electron chi connectivity index (χ4n) is 1.70. The number of amides is 1. The van der Waals surface area contributed by atoms with Crippen LogP contribution >= 0.6 is 0 Å². The van der Waals surface area contributed by atoms with Gasteiger partial charge < -0.3 is 11.1 Å². The van der Waals surface area contributed by atoms with Crippen molar-refractivity contribution in [2.24, 2.45) is 0 Å². The average Bonchev–Trinajstić information content (AvgIpc) is 2.38. The summed E-state index contributed by atoms with van der Waals surface area (Å²) < 4.78 is 0. The molecule has 0 aliphatic rings. The number of hydrogen-bond donors (Lipinski definition) is 2. The minimum atomic E-state index is -0.501. The van der Waals surface area contributed by atoms with E-state index in [1.54, 1.807) is 13.0 Å². The maximum atomic E-state index is 12.0. The highest BCUT2D eigenvalue weighted by molar-refractivity contribution is 6.04. The minimum absolute atomic E-state index is 0.0352. The van der Waals surface area contributed by atoms with E-state index < -0.39 is 4.92 Å². The van der Waals surface area contributed by atoms with E-state index in [2.05, 4.69) is 10.3 Å². The van der Waals surface area contributed by atoms with Crippen LogP contribution in [0.2, 0.25) is 0 Å². The number of nitro benzene ring substituents is 1. The second kappa shape index (κ2) is 5.35. The van der Waals surface area contributed by atoms with E-state index in [4.69, 9.17) is 5.73 Å². The molecule has 0 aliphatic carbocycles. The molecule has 1 aromatic carbocycles. The Labute approximate surface area is 114 Å². The third-order valence-electron chi connectivity index (χ3n) is 2.57. The summed E-state index contributed by atoms with van der Waals surface area (Å²) >= 11 is 0. The molecule has 0 radical (unpaired) electrons. The van der Waals surface area contributed by atoms with Gasteiger partial charge in [-0.25, -0.2) is 4.98 Å². The molecule has 20 heavy (non-hydrogen) atoms. The van der Waals surface area contributed by atoms with Crippen LogP contribution in [-0.2, 0) is 0 Å². The summed E-state index contributed by atoms with van der Waals surface area (Å²) in [5.41, 5.74) is 7.03. The molecule has 102 valence electrons. The quantitative estimate of drug-likeness (QED) is 0.656. The van der Waals surface area contributed by atoms with E-state index in [0.29, 0.717) is 16.9 Å². The van der Waals surface area contributed by atoms with Crippen molar-refractivity contribution in [1.29, 1.82) is 0 Å². The highest BCUT2D eigenvalue weighted by Gasteiger charge is 2.09. The van der Waals surface area contributed by atoms with E-state index in [1.165, 1.54) is 30.3 Å². The van der Waals surface area contributed by atoms with Crippen LogP contribution in [0.15, 0.2) is 36.4 Å². The van der Waals surface area contributed by atoms with Gasteiger partial charge in [-0.3, -0.25) is 14.9 Å². The number of nitrogens with zero attached hydrogens (tertiary/aromatic N) is 2. The standard InChI is InChI=1S/C13H12N4O3/c1-8-6-9(7-12(14)15-8)13(18)16-10-2-4-11(5-3-10)17(19)20/h2-7H,1H3,(H2,14,15)(H,16,18). The number of pyridine rings is 1. The Bertz CT molecular complexity index is 648. The van der Waals surface area contributed by atoms with Crippen LogP contribution in [0.4, 0.5) is 17.2 Å². The summed E-state index contributed by atoms with van der Waals surface area (Å²) in [6.45, 7) is 1.74. The van der Waals surface area contributed by atoms with Crippen LogP contribution in [0.1, 0.15) is 16.1 Å². The largest absolute Gasteiger partial charge is 0.384 e. The van der Waals surface area contributed by atoms with Crippen molar-refractivity contribution >= 4 is 23.1 Å². The Balaban J connectivity index is 2.16. The molecule has 1 aromatic heterocycles. The summed E-state index contributed by atoms with van der Waals surface area (Å²) in [7, 11) is 0. The first-order valence-corrected chi connectivity index (χ1v) is 5.75.